The zero-order valence-electron chi connectivity index (χ0n) is 22.7. The molecule has 1 unspecified atom stereocenters. The fraction of sp³-hybridized carbons (Fsp3) is 0.469. The predicted molar refractivity (Wildman–Crippen MR) is 150 cm³/mol. The smallest absolute Gasteiger partial charge is 0.254 e. The summed E-state index contributed by atoms with van der Waals surface area (Å²) < 4.78 is 6.11. The van der Waals surface area contributed by atoms with E-state index in [1.807, 2.05) is 43.3 Å². The Morgan fingerprint density at radius 2 is 1.92 bits per heavy atom. The van der Waals surface area contributed by atoms with Crippen molar-refractivity contribution in [1.29, 1.82) is 0 Å². The highest BCUT2D eigenvalue weighted by Crippen LogP contribution is 2.49. The lowest BCUT2D eigenvalue weighted by molar-refractivity contribution is -0.0649. The molecule has 1 heterocycles. The van der Waals surface area contributed by atoms with Crippen LogP contribution in [0.15, 0.2) is 54.6 Å². The molecule has 3 aromatic carbocycles. The van der Waals surface area contributed by atoms with E-state index in [2.05, 4.69) is 24.1 Å². The van der Waals surface area contributed by atoms with Crippen LogP contribution in [0.5, 0.6) is 11.5 Å². The molecule has 3 N–H and O–H groups in total. The van der Waals surface area contributed by atoms with Gasteiger partial charge in [-0.05, 0) is 80.0 Å². The summed E-state index contributed by atoms with van der Waals surface area (Å²) in [4.78, 5) is 15.9. The first kappa shape index (κ1) is 26.5. The fourth-order valence-corrected chi connectivity index (χ4v) is 5.73. The van der Waals surface area contributed by atoms with E-state index in [-0.39, 0.29) is 17.4 Å². The molecule has 6 nitrogen and oxygen atoms in total. The second kappa shape index (κ2) is 11.0. The van der Waals surface area contributed by atoms with Gasteiger partial charge in [-0.3, -0.25) is 4.79 Å². The van der Waals surface area contributed by atoms with Crippen molar-refractivity contribution in [2.75, 3.05) is 13.1 Å². The molecule has 1 amide bonds. The maximum absolute atomic E-state index is 13.4. The lowest BCUT2D eigenvalue weighted by Gasteiger charge is -2.35. The molecule has 0 saturated heterocycles. The van der Waals surface area contributed by atoms with Crippen molar-refractivity contribution in [1.82, 2.24) is 10.2 Å². The van der Waals surface area contributed by atoms with Gasteiger partial charge in [-0.15, -0.1) is 0 Å². The van der Waals surface area contributed by atoms with Crippen LogP contribution in [0.4, 0.5) is 0 Å². The Labute approximate surface area is 225 Å². The summed E-state index contributed by atoms with van der Waals surface area (Å²) in [6.07, 6.45) is 5.36. The minimum Gasteiger partial charge on any atom is -0.504 e. The summed E-state index contributed by atoms with van der Waals surface area (Å²) in [6.45, 7) is 8.11. The third-order valence-electron chi connectivity index (χ3n) is 8.29. The second-order valence-corrected chi connectivity index (χ2v) is 11.2. The highest BCUT2D eigenvalue weighted by molar-refractivity contribution is 5.98. The number of fused-ring (bicyclic) bond motifs is 2. The van der Waals surface area contributed by atoms with Gasteiger partial charge in [-0.2, -0.15) is 0 Å². The van der Waals surface area contributed by atoms with Crippen molar-refractivity contribution in [3.63, 3.8) is 0 Å². The highest BCUT2D eigenvalue weighted by Gasteiger charge is 2.51. The summed E-state index contributed by atoms with van der Waals surface area (Å²) >= 11 is 0. The van der Waals surface area contributed by atoms with Crippen LogP contribution in [0.25, 0.3) is 10.8 Å². The maximum atomic E-state index is 13.4. The minimum absolute atomic E-state index is 0.0300. The Bertz CT molecular complexity index is 1300. The first-order chi connectivity index (χ1) is 18.3. The quantitative estimate of drug-likeness (QED) is 0.297. The number of carbonyl (C=O) groups excluding carboxylic acids is 1. The van der Waals surface area contributed by atoms with Crippen molar-refractivity contribution in [2.45, 2.75) is 77.2 Å². The molecule has 1 fully saturated rings. The number of carbonyl (C=O) groups is 1. The monoisotopic (exact) mass is 516 g/mol. The van der Waals surface area contributed by atoms with E-state index in [9.17, 15) is 15.0 Å². The van der Waals surface area contributed by atoms with Gasteiger partial charge >= 0.3 is 0 Å². The van der Waals surface area contributed by atoms with Crippen molar-refractivity contribution >= 4 is 16.7 Å². The van der Waals surface area contributed by atoms with E-state index in [0.29, 0.717) is 30.1 Å². The normalized spacial score (nSPS) is 21.3. The van der Waals surface area contributed by atoms with E-state index in [1.165, 1.54) is 19.3 Å². The molecule has 2 aliphatic rings. The Morgan fingerprint density at radius 1 is 1.16 bits per heavy atom. The first-order valence-corrected chi connectivity index (χ1v) is 14.1. The molecule has 0 bridgehead atoms. The van der Waals surface area contributed by atoms with E-state index in [1.54, 1.807) is 18.2 Å². The Morgan fingerprint density at radius 3 is 2.66 bits per heavy atom. The molecule has 6 heteroatoms. The Kier molecular flexibility index (Phi) is 7.64. The number of nitrogens with one attached hydrogen (secondary N) is 1. The van der Waals surface area contributed by atoms with E-state index in [0.717, 1.165) is 41.6 Å². The molecule has 1 aliphatic heterocycles. The zero-order valence-corrected chi connectivity index (χ0v) is 22.7. The van der Waals surface area contributed by atoms with Crippen LogP contribution in [0.2, 0.25) is 0 Å². The van der Waals surface area contributed by atoms with Crippen LogP contribution in [-0.2, 0) is 5.60 Å². The molecule has 3 aromatic rings. The predicted octanol–water partition coefficient (Wildman–Crippen LogP) is 5.87. The van der Waals surface area contributed by atoms with Crippen LogP contribution in [-0.4, -0.2) is 46.4 Å². The number of hydrogen-bond acceptors (Lipinski definition) is 5. The molecule has 1 saturated carbocycles. The Hall–Kier alpha value is -3.09. The molecule has 0 aromatic heterocycles. The summed E-state index contributed by atoms with van der Waals surface area (Å²) in [6, 6.07) is 17.2. The van der Waals surface area contributed by atoms with Crippen molar-refractivity contribution < 1.29 is 19.7 Å². The zero-order chi connectivity index (χ0) is 26.9. The first-order valence-electron chi connectivity index (χ1n) is 14.1. The highest BCUT2D eigenvalue weighted by atomic mass is 16.5. The Balaban J connectivity index is 1.41. The number of aromatic hydroxyl groups is 1. The standard InChI is InChI=1S/C32H40N2O4/c1-4-5-8-22(3)34(20-23-12-13-23)18-17-32(37)28-21(2)11-16-27(35)29(28)38-31(32)33-30(36)26-15-14-24-9-6-7-10-25(24)19-26/h6-7,9-11,14-16,19,22-23,31,35,37H,4-5,8,12-13,17-18,20H2,1-3H3,(H,33,36)/t22?,31-,32+/m1/s1. The van der Waals surface area contributed by atoms with Crippen LogP contribution in [0.3, 0.4) is 0 Å². The number of hydrogen-bond donors (Lipinski definition) is 3. The number of phenolic OH excluding ortho intramolecular Hbond substituents is 1. The number of ether oxygens (including phenoxy) is 1. The second-order valence-electron chi connectivity index (χ2n) is 11.2. The van der Waals surface area contributed by atoms with Gasteiger partial charge in [0.1, 0.15) is 0 Å². The van der Waals surface area contributed by atoms with Gasteiger partial charge in [0, 0.05) is 30.3 Å². The summed E-state index contributed by atoms with van der Waals surface area (Å²) in [7, 11) is 0. The van der Waals surface area contributed by atoms with Gasteiger partial charge in [0.05, 0.1) is 0 Å². The topological polar surface area (TPSA) is 82.0 Å². The molecule has 5 rings (SSSR count). The SMILES string of the molecule is CCCCC(C)N(CC[C@]1(O)c2c(C)ccc(O)c2O[C@H]1NC(=O)c1ccc2ccccc2c1)CC1CC1. The number of rotatable bonds is 11. The van der Waals surface area contributed by atoms with E-state index in [4.69, 9.17) is 4.74 Å². The van der Waals surface area contributed by atoms with Gasteiger partial charge in [-0.1, -0.05) is 56.2 Å². The number of benzene rings is 3. The van der Waals surface area contributed by atoms with Gasteiger partial charge in [-0.25, -0.2) is 0 Å². The average molecular weight is 517 g/mol. The van der Waals surface area contributed by atoms with Crippen molar-refractivity contribution in [3.8, 4) is 11.5 Å². The maximum Gasteiger partial charge on any atom is 0.254 e. The molecule has 1 aliphatic carbocycles. The molecule has 3 atom stereocenters. The molecule has 38 heavy (non-hydrogen) atoms. The third-order valence-corrected chi connectivity index (χ3v) is 8.29. The lowest BCUT2D eigenvalue weighted by Crippen LogP contribution is -2.52. The number of aliphatic hydroxyl groups is 1. The van der Waals surface area contributed by atoms with Crippen molar-refractivity contribution in [3.05, 3.63) is 71.3 Å². The van der Waals surface area contributed by atoms with E-state index < -0.39 is 11.8 Å². The fourth-order valence-electron chi connectivity index (χ4n) is 5.73. The molecular weight excluding hydrogens is 476 g/mol. The molecular formula is C32H40N2O4. The summed E-state index contributed by atoms with van der Waals surface area (Å²) in [5, 5.41) is 27.8. The summed E-state index contributed by atoms with van der Waals surface area (Å²) in [5.74, 6) is 0.631. The van der Waals surface area contributed by atoms with Crippen LogP contribution >= 0.6 is 0 Å². The van der Waals surface area contributed by atoms with Gasteiger partial charge in [0.25, 0.3) is 5.91 Å². The number of phenols is 1. The number of amides is 1. The van der Waals surface area contributed by atoms with Crippen LogP contribution < -0.4 is 10.1 Å². The lowest BCUT2D eigenvalue weighted by atomic mass is 9.86. The van der Waals surface area contributed by atoms with Crippen molar-refractivity contribution in [2.24, 2.45) is 5.92 Å². The third kappa shape index (κ3) is 5.38. The number of nitrogens with zero attached hydrogens (tertiary/aromatic N) is 1. The number of aryl methyl sites for hydroxylation is 1. The largest absolute Gasteiger partial charge is 0.504 e. The summed E-state index contributed by atoms with van der Waals surface area (Å²) in [5.41, 5.74) is 0.413. The van der Waals surface area contributed by atoms with Crippen LogP contribution in [0, 0.1) is 12.8 Å². The van der Waals surface area contributed by atoms with E-state index >= 15 is 0 Å². The van der Waals surface area contributed by atoms with Crippen LogP contribution in [0.1, 0.15) is 73.9 Å². The molecule has 202 valence electrons. The molecule has 0 radical (unpaired) electrons. The van der Waals surface area contributed by atoms with Gasteiger partial charge < -0.3 is 25.2 Å². The number of unbranched alkanes of at least 4 members (excludes halogenated alkanes) is 1. The minimum atomic E-state index is -1.48. The van der Waals surface area contributed by atoms with Gasteiger partial charge in [0.2, 0.25) is 6.23 Å². The molecule has 0 spiro atoms. The average Bonchev–Trinajstić information content (AvgIpc) is 3.69. The van der Waals surface area contributed by atoms with Gasteiger partial charge in [0.15, 0.2) is 17.1 Å².